The van der Waals surface area contributed by atoms with Crippen LogP contribution < -0.4 is 5.32 Å². The van der Waals surface area contributed by atoms with Crippen LogP contribution in [0.15, 0.2) is 42.5 Å². The zero-order chi connectivity index (χ0) is 15.4. The fourth-order valence-corrected chi connectivity index (χ4v) is 1.98. The fraction of sp³-hybridized carbons (Fsp3) is 0.0625. The lowest BCUT2D eigenvalue weighted by atomic mass is 10.1. The van der Waals surface area contributed by atoms with Gasteiger partial charge in [-0.2, -0.15) is 0 Å². The number of benzene rings is 2. The second-order valence-electron chi connectivity index (χ2n) is 4.41. The van der Waals surface area contributed by atoms with Gasteiger partial charge in [-0.05, 0) is 30.7 Å². The summed E-state index contributed by atoms with van der Waals surface area (Å²) < 4.78 is 0. The first-order valence-corrected chi connectivity index (χ1v) is 6.15. The summed E-state index contributed by atoms with van der Waals surface area (Å²) >= 11 is 0. The molecule has 2 aromatic carbocycles. The van der Waals surface area contributed by atoms with Crippen molar-refractivity contribution in [3.8, 4) is 12.3 Å². The Morgan fingerprint density at radius 2 is 2.00 bits per heavy atom. The Kier molecular flexibility index (Phi) is 4.00. The van der Waals surface area contributed by atoms with Gasteiger partial charge in [0.05, 0.1) is 4.92 Å². The van der Waals surface area contributed by atoms with Crippen LogP contribution in [0.3, 0.4) is 0 Å². The van der Waals surface area contributed by atoms with Crippen molar-refractivity contribution in [1.29, 1.82) is 0 Å². The predicted octanol–water partition coefficient (Wildman–Crippen LogP) is 3.14. The monoisotopic (exact) mass is 280 g/mol. The second-order valence-corrected chi connectivity index (χ2v) is 4.41. The van der Waals surface area contributed by atoms with E-state index in [1.165, 1.54) is 6.07 Å². The molecular formula is C16H12N2O3. The maximum atomic E-state index is 12.3. The van der Waals surface area contributed by atoms with E-state index in [9.17, 15) is 14.9 Å². The van der Waals surface area contributed by atoms with Crippen LogP contribution in [0.25, 0.3) is 0 Å². The van der Waals surface area contributed by atoms with Crippen LogP contribution in [0.5, 0.6) is 0 Å². The molecule has 104 valence electrons. The van der Waals surface area contributed by atoms with Gasteiger partial charge in [-0.25, -0.2) is 0 Å². The van der Waals surface area contributed by atoms with E-state index in [4.69, 9.17) is 6.42 Å². The van der Waals surface area contributed by atoms with E-state index in [-0.39, 0.29) is 11.3 Å². The van der Waals surface area contributed by atoms with Gasteiger partial charge in [0.15, 0.2) is 0 Å². The average molecular weight is 280 g/mol. The molecule has 0 saturated carbocycles. The Balaban J connectivity index is 2.37. The maximum absolute atomic E-state index is 12.3. The van der Waals surface area contributed by atoms with Crippen molar-refractivity contribution in [2.75, 3.05) is 5.32 Å². The Hall–Kier alpha value is -3.13. The maximum Gasteiger partial charge on any atom is 0.282 e. The minimum atomic E-state index is -0.570. The van der Waals surface area contributed by atoms with Gasteiger partial charge in [-0.15, -0.1) is 6.42 Å². The van der Waals surface area contributed by atoms with Crippen LogP contribution in [-0.2, 0) is 0 Å². The number of rotatable bonds is 3. The molecule has 5 nitrogen and oxygen atoms in total. The standard InChI is InChI=1S/C16H12N2O3/c1-3-12-7-5-8-13(10-12)17-16(19)15-11(2)6-4-9-14(15)18(20)21/h1,4-10H,2H3,(H,17,19). The summed E-state index contributed by atoms with van der Waals surface area (Å²) in [5.74, 6) is 1.93. The molecule has 0 bridgehead atoms. The molecule has 0 fully saturated rings. The first kappa shape index (κ1) is 14.3. The van der Waals surface area contributed by atoms with E-state index in [1.807, 2.05) is 0 Å². The molecule has 0 aliphatic rings. The van der Waals surface area contributed by atoms with E-state index in [0.717, 1.165) is 0 Å². The molecule has 0 heterocycles. The van der Waals surface area contributed by atoms with E-state index in [0.29, 0.717) is 16.8 Å². The Morgan fingerprint density at radius 1 is 1.29 bits per heavy atom. The Morgan fingerprint density at radius 3 is 2.67 bits per heavy atom. The van der Waals surface area contributed by atoms with Crippen molar-refractivity contribution >= 4 is 17.3 Å². The lowest BCUT2D eigenvalue weighted by Crippen LogP contribution is -2.15. The van der Waals surface area contributed by atoms with Crippen molar-refractivity contribution in [2.24, 2.45) is 0 Å². The van der Waals surface area contributed by atoms with Gasteiger partial charge < -0.3 is 5.32 Å². The van der Waals surface area contributed by atoms with E-state index in [1.54, 1.807) is 43.3 Å². The first-order chi connectivity index (χ1) is 10.0. The van der Waals surface area contributed by atoms with Gasteiger partial charge in [0, 0.05) is 17.3 Å². The molecule has 0 saturated heterocycles. The van der Waals surface area contributed by atoms with Crippen LogP contribution in [0, 0.1) is 29.4 Å². The number of carbonyl (C=O) groups is 1. The van der Waals surface area contributed by atoms with E-state index < -0.39 is 10.8 Å². The van der Waals surface area contributed by atoms with Crippen molar-refractivity contribution in [3.63, 3.8) is 0 Å². The molecule has 0 spiro atoms. The van der Waals surface area contributed by atoms with Gasteiger partial charge >= 0.3 is 0 Å². The van der Waals surface area contributed by atoms with Crippen molar-refractivity contribution in [1.82, 2.24) is 0 Å². The molecule has 0 aromatic heterocycles. The Bertz CT molecular complexity index is 760. The third kappa shape index (κ3) is 3.07. The molecule has 1 N–H and O–H groups in total. The highest BCUT2D eigenvalue weighted by molar-refractivity contribution is 6.08. The third-order valence-electron chi connectivity index (χ3n) is 2.96. The molecular weight excluding hydrogens is 268 g/mol. The summed E-state index contributed by atoms with van der Waals surface area (Å²) in [4.78, 5) is 22.8. The van der Waals surface area contributed by atoms with Gasteiger partial charge in [-0.3, -0.25) is 14.9 Å². The molecule has 2 rings (SSSR count). The number of hydrogen-bond donors (Lipinski definition) is 1. The van der Waals surface area contributed by atoms with E-state index >= 15 is 0 Å². The van der Waals surface area contributed by atoms with Crippen LogP contribution in [0.4, 0.5) is 11.4 Å². The Labute approximate surface area is 121 Å². The molecule has 21 heavy (non-hydrogen) atoms. The van der Waals surface area contributed by atoms with E-state index in [2.05, 4.69) is 11.2 Å². The van der Waals surface area contributed by atoms with Gasteiger partial charge in [0.1, 0.15) is 5.56 Å². The summed E-state index contributed by atoms with van der Waals surface area (Å²) in [6.45, 7) is 1.65. The van der Waals surface area contributed by atoms with Crippen LogP contribution in [0.2, 0.25) is 0 Å². The number of nitrogens with one attached hydrogen (secondary N) is 1. The highest BCUT2D eigenvalue weighted by atomic mass is 16.6. The summed E-state index contributed by atoms with van der Waals surface area (Å²) in [7, 11) is 0. The molecule has 2 aromatic rings. The van der Waals surface area contributed by atoms with Crippen molar-refractivity contribution in [2.45, 2.75) is 6.92 Å². The topological polar surface area (TPSA) is 72.2 Å². The zero-order valence-corrected chi connectivity index (χ0v) is 11.3. The SMILES string of the molecule is C#Cc1cccc(NC(=O)c2c(C)cccc2[N+](=O)[O-])c1. The molecule has 0 radical (unpaired) electrons. The minimum absolute atomic E-state index is 0.0496. The van der Waals surface area contributed by atoms with Crippen molar-refractivity contribution < 1.29 is 9.72 Å². The summed E-state index contributed by atoms with van der Waals surface area (Å²) in [6.07, 6.45) is 5.30. The number of hydrogen-bond acceptors (Lipinski definition) is 3. The first-order valence-electron chi connectivity index (χ1n) is 6.15. The quantitative estimate of drug-likeness (QED) is 0.533. The number of anilines is 1. The molecule has 5 heteroatoms. The molecule has 0 atom stereocenters. The number of aryl methyl sites for hydroxylation is 1. The van der Waals surface area contributed by atoms with Crippen LogP contribution in [0.1, 0.15) is 21.5 Å². The highest BCUT2D eigenvalue weighted by Gasteiger charge is 2.22. The predicted molar refractivity (Wildman–Crippen MR) is 80.2 cm³/mol. The number of carbonyl (C=O) groups excluding carboxylic acids is 1. The normalized spacial score (nSPS) is 9.71. The average Bonchev–Trinajstić information content (AvgIpc) is 2.46. The van der Waals surface area contributed by atoms with Gasteiger partial charge in [0.2, 0.25) is 0 Å². The zero-order valence-electron chi connectivity index (χ0n) is 11.3. The fourth-order valence-electron chi connectivity index (χ4n) is 1.98. The lowest BCUT2D eigenvalue weighted by Gasteiger charge is -2.08. The largest absolute Gasteiger partial charge is 0.322 e. The highest BCUT2D eigenvalue weighted by Crippen LogP contribution is 2.23. The van der Waals surface area contributed by atoms with Gasteiger partial charge in [-0.1, -0.05) is 24.1 Å². The summed E-state index contributed by atoms with van der Waals surface area (Å²) in [6, 6.07) is 11.2. The second kappa shape index (κ2) is 5.88. The molecule has 0 aliphatic carbocycles. The smallest absolute Gasteiger partial charge is 0.282 e. The molecule has 1 amide bonds. The van der Waals surface area contributed by atoms with Crippen LogP contribution >= 0.6 is 0 Å². The molecule has 0 aliphatic heterocycles. The molecule has 0 unspecified atom stereocenters. The lowest BCUT2D eigenvalue weighted by molar-refractivity contribution is -0.385. The third-order valence-corrected chi connectivity index (χ3v) is 2.96. The number of nitro benzene ring substituents is 1. The summed E-state index contributed by atoms with van der Waals surface area (Å²) in [5.41, 5.74) is 1.48. The van der Waals surface area contributed by atoms with Gasteiger partial charge in [0.25, 0.3) is 11.6 Å². The number of nitro groups is 1. The summed E-state index contributed by atoms with van der Waals surface area (Å²) in [5, 5.41) is 13.7. The minimum Gasteiger partial charge on any atom is -0.322 e. The number of nitrogens with zero attached hydrogens (tertiary/aromatic N) is 1. The number of amides is 1. The van der Waals surface area contributed by atoms with Crippen LogP contribution in [-0.4, -0.2) is 10.8 Å². The van der Waals surface area contributed by atoms with Crippen molar-refractivity contribution in [3.05, 3.63) is 69.3 Å². The number of terminal acetylenes is 1.